The number of furan rings is 1. The topological polar surface area (TPSA) is 66.7 Å². The first kappa shape index (κ1) is 23.4. The number of amides is 2. The van der Waals surface area contributed by atoms with Crippen molar-refractivity contribution in [1.82, 2.24) is 9.88 Å². The third-order valence-corrected chi connectivity index (χ3v) is 6.22. The second-order valence-corrected chi connectivity index (χ2v) is 8.58. The van der Waals surface area contributed by atoms with Crippen LogP contribution in [-0.4, -0.2) is 28.7 Å². The Bertz CT molecular complexity index is 1370. The molecule has 2 aromatic heterocycles. The van der Waals surface area contributed by atoms with Gasteiger partial charge in [-0.2, -0.15) is 0 Å². The predicted molar refractivity (Wildman–Crippen MR) is 132 cm³/mol. The van der Waals surface area contributed by atoms with Crippen LogP contribution in [0, 0.1) is 5.82 Å². The minimum absolute atomic E-state index is 0.134. The van der Waals surface area contributed by atoms with E-state index in [0.29, 0.717) is 17.4 Å². The maximum absolute atomic E-state index is 14.3. The number of hydrogen-bond donors (Lipinski definition) is 0. The van der Waals surface area contributed by atoms with Crippen LogP contribution >= 0.6 is 11.3 Å². The van der Waals surface area contributed by atoms with Gasteiger partial charge in [0, 0.05) is 49.3 Å². The molecule has 0 bridgehead atoms. The standard InChI is InChI=1S/C26H24FN3O3S/c1-4-23-20(19-9-5-8-12-24(19)33-23)15-29(3)25(32)14-13-18-16-34-26(28-18)30(17(2)31)22-11-7-6-10-21(22)27/h5-14,16H,4,15H2,1-3H3. The molecule has 0 fully saturated rings. The molecule has 0 radical (unpaired) electrons. The zero-order chi connectivity index (χ0) is 24.2. The van der Waals surface area contributed by atoms with E-state index < -0.39 is 5.82 Å². The van der Waals surface area contributed by atoms with Crippen molar-refractivity contribution < 1.29 is 18.4 Å². The van der Waals surface area contributed by atoms with Gasteiger partial charge < -0.3 is 9.32 Å². The van der Waals surface area contributed by atoms with Crippen LogP contribution in [-0.2, 0) is 22.6 Å². The molecule has 0 spiro atoms. The van der Waals surface area contributed by atoms with Crippen LogP contribution in [0.25, 0.3) is 17.0 Å². The number of benzene rings is 2. The Balaban J connectivity index is 1.50. The second kappa shape index (κ2) is 10.0. The normalized spacial score (nSPS) is 11.3. The van der Waals surface area contributed by atoms with Crippen LogP contribution in [0.1, 0.15) is 30.9 Å². The summed E-state index contributed by atoms with van der Waals surface area (Å²) >= 11 is 1.20. The summed E-state index contributed by atoms with van der Waals surface area (Å²) in [5.41, 5.74) is 2.45. The number of rotatable bonds is 7. The van der Waals surface area contributed by atoms with Crippen molar-refractivity contribution in [3.63, 3.8) is 0 Å². The number of thiazole rings is 1. The van der Waals surface area contributed by atoms with Crippen molar-refractivity contribution in [2.45, 2.75) is 26.8 Å². The molecule has 0 atom stereocenters. The van der Waals surface area contributed by atoms with Crippen molar-refractivity contribution in [3.8, 4) is 0 Å². The Morgan fingerprint density at radius 2 is 1.88 bits per heavy atom. The van der Waals surface area contributed by atoms with Crippen LogP contribution in [0.5, 0.6) is 0 Å². The van der Waals surface area contributed by atoms with Gasteiger partial charge in [0.25, 0.3) is 0 Å². The second-order valence-electron chi connectivity index (χ2n) is 7.74. The number of carbonyl (C=O) groups excluding carboxylic acids is 2. The molecule has 0 unspecified atom stereocenters. The fraction of sp³-hybridized carbons (Fsp3) is 0.192. The van der Waals surface area contributed by atoms with Gasteiger partial charge in [-0.1, -0.05) is 37.3 Å². The van der Waals surface area contributed by atoms with E-state index in [0.717, 1.165) is 28.7 Å². The molecule has 0 aliphatic heterocycles. The van der Waals surface area contributed by atoms with Crippen LogP contribution in [0.3, 0.4) is 0 Å². The lowest BCUT2D eigenvalue weighted by Crippen LogP contribution is -2.24. The first-order valence-corrected chi connectivity index (χ1v) is 11.7. The summed E-state index contributed by atoms with van der Waals surface area (Å²) in [7, 11) is 1.73. The SMILES string of the molecule is CCc1oc2ccccc2c1CN(C)C(=O)C=Cc1csc(N(C(C)=O)c2ccccc2F)n1. The lowest BCUT2D eigenvalue weighted by atomic mass is 10.1. The Labute approximate surface area is 200 Å². The molecule has 0 aliphatic carbocycles. The molecule has 4 rings (SSSR count). The van der Waals surface area contributed by atoms with E-state index in [1.165, 1.54) is 41.4 Å². The van der Waals surface area contributed by atoms with Crippen LogP contribution < -0.4 is 4.90 Å². The summed E-state index contributed by atoms with van der Waals surface area (Å²) in [5.74, 6) is -0.198. The Morgan fingerprint density at radius 3 is 2.62 bits per heavy atom. The number of hydrogen-bond acceptors (Lipinski definition) is 5. The lowest BCUT2D eigenvalue weighted by Gasteiger charge is -2.18. The predicted octanol–water partition coefficient (Wildman–Crippen LogP) is 5.95. The molecule has 174 valence electrons. The average molecular weight is 478 g/mol. The van der Waals surface area contributed by atoms with Gasteiger partial charge >= 0.3 is 0 Å². The highest BCUT2D eigenvalue weighted by molar-refractivity contribution is 7.14. The zero-order valence-electron chi connectivity index (χ0n) is 19.1. The molecule has 4 aromatic rings. The molecular formula is C26H24FN3O3S. The van der Waals surface area contributed by atoms with Crippen molar-refractivity contribution in [2.24, 2.45) is 0 Å². The first-order valence-electron chi connectivity index (χ1n) is 10.8. The van der Waals surface area contributed by atoms with Gasteiger partial charge in [-0.25, -0.2) is 9.37 Å². The van der Waals surface area contributed by atoms with Crippen LogP contribution in [0.15, 0.2) is 64.4 Å². The van der Waals surface area contributed by atoms with E-state index in [4.69, 9.17) is 4.42 Å². The van der Waals surface area contributed by atoms with Crippen molar-refractivity contribution in [3.05, 3.63) is 82.8 Å². The van der Waals surface area contributed by atoms with Gasteiger partial charge in [-0.05, 0) is 24.3 Å². The number of anilines is 2. The monoisotopic (exact) mass is 477 g/mol. The Kier molecular flexibility index (Phi) is 6.88. The number of carbonyl (C=O) groups is 2. The first-order chi connectivity index (χ1) is 16.4. The highest BCUT2D eigenvalue weighted by Crippen LogP contribution is 2.31. The van der Waals surface area contributed by atoms with E-state index in [9.17, 15) is 14.0 Å². The largest absolute Gasteiger partial charge is 0.461 e. The average Bonchev–Trinajstić information content (AvgIpc) is 3.43. The molecule has 0 saturated heterocycles. The number of para-hydroxylation sites is 2. The number of aryl methyl sites for hydroxylation is 1. The Hall–Kier alpha value is -3.78. The molecular weight excluding hydrogens is 453 g/mol. The lowest BCUT2D eigenvalue weighted by molar-refractivity contribution is -0.125. The van der Waals surface area contributed by atoms with E-state index in [-0.39, 0.29) is 17.5 Å². The minimum atomic E-state index is -0.514. The van der Waals surface area contributed by atoms with Gasteiger partial charge in [0.1, 0.15) is 17.2 Å². The summed E-state index contributed by atoms with van der Waals surface area (Å²) < 4.78 is 20.2. The summed E-state index contributed by atoms with van der Waals surface area (Å²) in [6.45, 7) is 3.79. The third-order valence-electron chi connectivity index (χ3n) is 5.38. The summed E-state index contributed by atoms with van der Waals surface area (Å²) in [6.07, 6.45) is 3.76. The molecule has 0 N–H and O–H groups in total. The van der Waals surface area contributed by atoms with Crippen LogP contribution in [0.4, 0.5) is 15.2 Å². The number of nitrogens with zero attached hydrogens (tertiary/aromatic N) is 3. The van der Waals surface area contributed by atoms with Crippen molar-refractivity contribution in [1.29, 1.82) is 0 Å². The number of likely N-dealkylation sites (N-methyl/N-ethyl adjacent to an activating group) is 1. The van der Waals surface area contributed by atoms with E-state index >= 15 is 0 Å². The van der Waals surface area contributed by atoms with Gasteiger partial charge in [-0.3, -0.25) is 14.5 Å². The quantitative estimate of drug-likeness (QED) is 0.309. The summed E-state index contributed by atoms with van der Waals surface area (Å²) in [4.78, 5) is 32.2. The van der Waals surface area contributed by atoms with E-state index in [1.807, 2.05) is 31.2 Å². The van der Waals surface area contributed by atoms with Gasteiger partial charge in [0.05, 0.1) is 11.4 Å². The third kappa shape index (κ3) is 4.77. The van der Waals surface area contributed by atoms with E-state index in [1.54, 1.807) is 35.5 Å². The summed E-state index contributed by atoms with van der Waals surface area (Å²) in [6, 6.07) is 13.8. The Morgan fingerprint density at radius 1 is 1.15 bits per heavy atom. The number of aromatic nitrogens is 1. The molecule has 34 heavy (non-hydrogen) atoms. The zero-order valence-corrected chi connectivity index (χ0v) is 19.9. The van der Waals surface area contributed by atoms with Crippen LogP contribution in [0.2, 0.25) is 0 Å². The molecule has 2 aromatic carbocycles. The van der Waals surface area contributed by atoms with Gasteiger partial charge in [-0.15, -0.1) is 11.3 Å². The summed E-state index contributed by atoms with van der Waals surface area (Å²) in [5, 5.41) is 3.05. The number of fused-ring (bicyclic) bond motifs is 1. The fourth-order valence-corrected chi connectivity index (χ4v) is 4.55. The maximum Gasteiger partial charge on any atom is 0.246 e. The fourth-order valence-electron chi connectivity index (χ4n) is 3.70. The number of halogens is 1. The maximum atomic E-state index is 14.3. The highest BCUT2D eigenvalue weighted by Gasteiger charge is 2.21. The highest BCUT2D eigenvalue weighted by atomic mass is 32.1. The molecule has 8 heteroatoms. The molecule has 2 amide bonds. The minimum Gasteiger partial charge on any atom is -0.461 e. The molecule has 0 aliphatic rings. The van der Waals surface area contributed by atoms with Gasteiger partial charge in [0.15, 0.2) is 5.13 Å². The molecule has 0 saturated carbocycles. The van der Waals surface area contributed by atoms with Crippen molar-refractivity contribution >= 4 is 51.0 Å². The smallest absolute Gasteiger partial charge is 0.246 e. The molecule has 6 nitrogen and oxygen atoms in total. The van der Waals surface area contributed by atoms with Gasteiger partial charge in [0.2, 0.25) is 11.8 Å². The molecule has 2 heterocycles. The van der Waals surface area contributed by atoms with E-state index in [2.05, 4.69) is 4.98 Å². The van der Waals surface area contributed by atoms with Crippen molar-refractivity contribution in [2.75, 3.05) is 11.9 Å².